The van der Waals surface area contributed by atoms with E-state index in [0.717, 1.165) is 9.78 Å². The zero-order valence-corrected chi connectivity index (χ0v) is 13.1. The molecule has 1 unspecified atom stereocenters. The fraction of sp³-hybridized carbons (Fsp3) is 0.400. The molecule has 0 spiro atoms. The number of nitrogens with two attached hydrogens (primary N) is 1. The highest BCUT2D eigenvalue weighted by Crippen LogP contribution is 2.38. The minimum atomic E-state index is -4.36. The maximum atomic E-state index is 14.4. The van der Waals surface area contributed by atoms with Crippen molar-refractivity contribution in [3.05, 3.63) is 28.9 Å². The molecule has 3 rings (SSSR count). The van der Waals surface area contributed by atoms with Crippen LogP contribution in [0.2, 0.25) is 0 Å². The predicted molar refractivity (Wildman–Crippen MR) is 83.1 cm³/mol. The molecule has 0 aliphatic carbocycles. The van der Waals surface area contributed by atoms with Gasteiger partial charge in [-0.25, -0.2) is 9.37 Å². The van der Waals surface area contributed by atoms with Crippen LogP contribution >= 0.6 is 11.3 Å². The summed E-state index contributed by atoms with van der Waals surface area (Å²) in [4.78, 5) is 6.07. The molecule has 124 valence electrons. The van der Waals surface area contributed by atoms with Gasteiger partial charge in [0.25, 0.3) is 0 Å². The Balaban J connectivity index is 1.95. The molecule has 2 heterocycles. The van der Waals surface area contributed by atoms with Gasteiger partial charge in [0, 0.05) is 17.0 Å². The highest BCUT2D eigenvalue weighted by Gasteiger charge is 2.46. The highest BCUT2D eigenvalue weighted by molar-refractivity contribution is 7.15. The van der Waals surface area contributed by atoms with E-state index in [1.165, 1.54) is 23.5 Å². The molecule has 1 fully saturated rings. The van der Waals surface area contributed by atoms with Crippen molar-refractivity contribution in [3.8, 4) is 11.3 Å². The van der Waals surface area contributed by atoms with Gasteiger partial charge in [-0.15, -0.1) is 11.3 Å². The summed E-state index contributed by atoms with van der Waals surface area (Å²) in [6, 6.07) is 2.58. The number of hydrogen-bond donors (Lipinski definition) is 1. The van der Waals surface area contributed by atoms with Crippen molar-refractivity contribution in [2.45, 2.75) is 32.0 Å². The summed E-state index contributed by atoms with van der Waals surface area (Å²) in [5.41, 5.74) is 6.69. The maximum Gasteiger partial charge on any atom is 0.408 e. The third kappa shape index (κ3) is 2.99. The number of aromatic nitrogens is 1. The van der Waals surface area contributed by atoms with Gasteiger partial charge in [0.2, 0.25) is 0 Å². The van der Waals surface area contributed by atoms with E-state index in [4.69, 9.17) is 5.73 Å². The molecule has 0 radical (unpaired) electrons. The molecular formula is C15H15F4N3S. The quantitative estimate of drug-likeness (QED) is 0.822. The number of alkyl halides is 3. The molecule has 2 aromatic rings. The minimum absolute atomic E-state index is 0.00752. The molecule has 1 aromatic carbocycles. The first kappa shape index (κ1) is 16.0. The van der Waals surface area contributed by atoms with Gasteiger partial charge in [-0.05, 0) is 31.9 Å². The number of thiazole rings is 1. The van der Waals surface area contributed by atoms with Crippen LogP contribution in [0, 0.1) is 12.7 Å². The van der Waals surface area contributed by atoms with E-state index in [2.05, 4.69) is 4.98 Å². The fourth-order valence-electron chi connectivity index (χ4n) is 2.97. The molecular weight excluding hydrogens is 330 g/mol. The van der Waals surface area contributed by atoms with Crippen molar-refractivity contribution in [1.82, 2.24) is 4.98 Å². The lowest BCUT2D eigenvalue weighted by Gasteiger charge is -2.28. The Kier molecular flexibility index (Phi) is 3.95. The summed E-state index contributed by atoms with van der Waals surface area (Å²) in [5.74, 6) is -0.676. The first-order valence-electron chi connectivity index (χ1n) is 7.13. The Morgan fingerprint density at radius 2 is 2.09 bits per heavy atom. The standard InChI is InChI=1S/C15H15F4N3S/c1-8-13(21-14(20)23-8)9-4-5-11(10(16)7-9)22-6-2-3-12(22)15(17,18)19/h4-5,7,12H,2-3,6H2,1H3,(H2,20,21). The Hall–Kier alpha value is -1.83. The first-order valence-corrected chi connectivity index (χ1v) is 7.95. The summed E-state index contributed by atoms with van der Waals surface area (Å²) in [6.07, 6.45) is -3.97. The van der Waals surface area contributed by atoms with Gasteiger partial charge in [0.15, 0.2) is 5.13 Å². The fourth-order valence-corrected chi connectivity index (χ4v) is 3.68. The largest absolute Gasteiger partial charge is 0.408 e. The molecule has 1 atom stereocenters. The SMILES string of the molecule is Cc1sc(N)nc1-c1ccc(N2CCCC2C(F)(F)F)c(F)c1. The second-order valence-corrected chi connectivity index (χ2v) is 6.75. The van der Waals surface area contributed by atoms with Crippen LogP contribution in [-0.4, -0.2) is 23.7 Å². The number of nitrogens with zero attached hydrogens (tertiary/aromatic N) is 2. The third-order valence-electron chi connectivity index (χ3n) is 3.97. The number of aryl methyl sites for hydroxylation is 1. The van der Waals surface area contributed by atoms with Gasteiger partial charge in [0.05, 0.1) is 11.4 Å². The topological polar surface area (TPSA) is 42.1 Å². The van der Waals surface area contributed by atoms with Crippen LogP contribution in [0.25, 0.3) is 11.3 Å². The predicted octanol–water partition coefficient (Wildman–Crippen LogP) is 4.37. The van der Waals surface area contributed by atoms with Crippen molar-refractivity contribution in [1.29, 1.82) is 0 Å². The normalized spacial score (nSPS) is 18.7. The zero-order valence-electron chi connectivity index (χ0n) is 12.3. The molecule has 23 heavy (non-hydrogen) atoms. The summed E-state index contributed by atoms with van der Waals surface area (Å²) in [7, 11) is 0. The number of benzene rings is 1. The Morgan fingerprint density at radius 3 is 2.65 bits per heavy atom. The second kappa shape index (κ2) is 5.67. The molecule has 3 nitrogen and oxygen atoms in total. The highest BCUT2D eigenvalue weighted by atomic mass is 32.1. The second-order valence-electron chi connectivity index (χ2n) is 5.52. The van der Waals surface area contributed by atoms with Crippen LogP contribution in [0.1, 0.15) is 17.7 Å². The molecule has 0 saturated carbocycles. The molecule has 0 amide bonds. The van der Waals surface area contributed by atoms with Gasteiger partial charge in [-0.2, -0.15) is 13.2 Å². The van der Waals surface area contributed by atoms with Crippen LogP contribution in [-0.2, 0) is 0 Å². The lowest BCUT2D eigenvalue weighted by molar-refractivity contribution is -0.146. The summed E-state index contributed by atoms with van der Waals surface area (Å²) < 4.78 is 53.5. The molecule has 0 bridgehead atoms. The number of hydrogen-bond acceptors (Lipinski definition) is 4. The molecule has 1 aromatic heterocycles. The van der Waals surface area contributed by atoms with E-state index < -0.39 is 18.0 Å². The zero-order chi connectivity index (χ0) is 16.8. The van der Waals surface area contributed by atoms with Crippen molar-refractivity contribution in [2.75, 3.05) is 17.2 Å². The van der Waals surface area contributed by atoms with Crippen molar-refractivity contribution < 1.29 is 17.6 Å². The summed E-state index contributed by atoms with van der Waals surface area (Å²) >= 11 is 1.29. The lowest BCUT2D eigenvalue weighted by Crippen LogP contribution is -2.41. The summed E-state index contributed by atoms with van der Waals surface area (Å²) in [5, 5.41) is 0.374. The number of nitrogen functional groups attached to an aromatic ring is 1. The van der Waals surface area contributed by atoms with E-state index in [1.807, 2.05) is 6.92 Å². The van der Waals surface area contributed by atoms with Gasteiger partial charge < -0.3 is 10.6 Å². The Morgan fingerprint density at radius 1 is 1.35 bits per heavy atom. The molecule has 1 aliphatic rings. The Bertz CT molecular complexity index is 726. The Labute approximate surface area is 134 Å². The van der Waals surface area contributed by atoms with Crippen LogP contribution in [0.15, 0.2) is 18.2 Å². The van der Waals surface area contributed by atoms with Crippen LogP contribution in [0.4, 0.5) is 28.4 Å². The van der Waals surface area contributed by atoms with Gasteiger partial charge in [0.1, 0.15) is 11.9 Å². The van der Waals surface area contributed by atoms with Gasteiger partial charge in [-0.3, -0.25) is 0 Å². The van der Waals surface area contributed by atoms with E-state index in [1.54, 1.807) is 6.07 Å². The third-order valence-corrected chi connectivity index (χ3v) is 4.77. The molecule has 2 N–H and O–H groups in total. The average molecular weight is 345 g/mol. The van der Waals surface area contributed by atoms with Crippen LogP contribution in [0.5, 0.6) is 0 Å². The number of rotatable bonds is 2. The molecule has 1 saturated heterocycles. The minimum Gasteiger partial charge on any atom is -0.375 e. The van der Waals surface area contributed by atoms with Gasteiger partial charge >= 0.3 is 6.18 Å². The monoisotopic (exact) mass is 345 g/mol. The van der Waals surface area contributed by atoms with E-state index in [-0.39, 0.29) is 18.7 Å². The average Bonchev–Trinajstić information content (AvgIpc) is 3.04. The molecule has 1 aliphatic heterocycles. The van der Waals surface area contributed by atoms with E-state index in [0.29, 0.717) is 22.8 Å². The number of anilines is 2. The first-order chi connectivity index (χ1) is 10.8. The van der Waals surface area contributed by atoms with Crippen molar-refractivity contribution >= 4 is 22.2 Å². The van der Waals surface area contributed by atoms with Crippen molar-refractivity contribution in [3.63, 3.8) is 0 Å². The van der Waals surface area contributed by atoms with Crippen molar-refractivity contribution in [2.24, 2.45) is 0 Å². The smallest absolute Gasteiger partial charge is 0.375 e. The lowest BCUT2D eigenvalue weighted by atomic mass is 10.1. The van der Waals surface area contributed by atoms with E-state index >= 15 is 0 Å². The summed E-state index contributed by atoms with van der Waals surface area (Å²) in [6.45, 7) is 2.01. The van der Waals surface area contributed by atoms with E-state index in [9.17, 15) is 17.6 Å². The molecule has 8 heteroatoms. The number of halogens is 4. The van der Waals surface area contributed by atoms with Crippen LogP contribution in [0.3, 0.4) is 0 Å². The van der Waals surface area contributed by atoms with Crippen LogP contribution < -0.4 is 10.6 Å². The van der Waals surface area contributed by atoms with Gasteiger partial charge in [-0.1, -0.05) is 6.07 Å². The maximum absolute atomic E-state index is 14.4.